The van der Waals surface area contributed by atoms with Crippen molar-refractivity contribution in [1.82, 2.24) is 5.43 Å². The molecule has 0 spiro atoms. The summed E-state index contributed by atoms with van der Waals surface area (Å²) in [6.45, 7) is 4.63. The number of nitrogens with two attached hydrogens (primary N) is 1. The lowest BCUT2D eigenvalue weighted by Crippen LogP contribution is -2.77. The Morgan fingerprint density at radius 3 is 2.08 bits per heavy atom. The molecule has 3 fully saturated rings. The van der Waals surface area contributed by atoms with Gasteiger partial charge >= 0.3 is 0 Å². The Bertz CT molecular complexity index is 165. The molecule has 2 nitrogen and oxygen atoms in total. The van der Waals surface area contributed by atoms with Gasteiger partial charge in [0.05, 0.1) is 0 Å². The number of hydrogen-bond acceptors (Lipinski definition) is 2. The van der Waals surface area contributed by atoms with Crippen LogP contribution in [0.5, 0.6) is 0 Å². The van der Waals surface area contributed by atoms with Gasteiger partial charge in [-0.3, -0.25) is 11.3 Å². The Labute approximate surface area is 74.9 Å². The summed E-state index contributed by atoms with van der Waals surface area (Å²) in [5.74, 6) is 6.45. The lowest BCUT2D eigenvalue weighted by molar-refractivity contribution is -0.192. The van der Waals surface area contributed by atoms with Gasteiger partial charge in [0, 0.05) is 5.54 Å². The maximum atomic E-state index is 5.50. The van der Waals surface area contributed by atoms with E-state index in [-0.39, 0.29) is 0 Å². The van der Waals surface area contributed by atoms with E-state index in [1.807, 2.05) is 0 Å². The van der Waals surface area contributed by atoms with Crippen LogP contribution >= 0.6 is 0 Å². The van der Waals surface area contributed by atoms with Crippen LogP contribution in [0.15, 0.2) is 0 Å². The van der Waals surface area contributed by atoms with E-state index in [4.69, 9.17) is 5.84 Å². The summed E-state index contributed by atoms with van der Waals surface area (Å²) < 4.78 is 0. The summed E-state index contributed by atoms with van der Waals surface area (Å²) >= 11 is 0. The van der Waals surface area contributed by atoms with Crippen molar-refractivity contribution in [3.63, 3.8) is 0 Å². The predicted molar refractivity (Wildman–Crippen MR) is 50.4 cm³/mol. The highest BCUT2D eigenvalue weighted by Crippen LogP contribution is 2.71. The van der Waals surface area contributed by atoms with E-state index in [0.717, 1.165) is 5.92 Å². The summed E-state index contributed by atoms with van der Waals surface area (Å²) in [4.78, 5) is 0. The first kappa shape index (κ1) is 8.52. The second-order valence-electron chi connectivity index (χ2n) is 4.83. The largest absolute Gasteiger partial charge is 0.271 e. The third-order valence-corrected chi connectivity index (χ3v) is 4.23. The van der Waals surface area contributed by atoms with Crippen LogP contribution < -0.4 is 11.3 Å². The average molecular weight is 168 g/mol. The monoisotopic (exact) mass is 168 g/mol. The van der Waals surface area contributed by atoms with Crippen molar-refractivity contribution < 1.29 is 0 Å². The van der Waals surface area contributed by atoms with Gasteiger partial charge in [-0.25, -0.2) is 0 Å². The first-order valence-electron chi connectivity index (χ1n) is 5.18. The molecule has 0 aliphatic heterocycles. The summed E-state index contributed by atoms with van der Waals surface area (Å²) in [6.07, 6.45) is 6.70. The molecule has 0 unspecified atom stereocenters. The van der Waals surface area contributed by atoms with Crippen LogP contribution in [0, 0.1) is 11.3 Å². The summed E-state index contributed by atoms with van der Waals surface area (Å²) in [7, 11) is 0. The van der Waals surface area contributed by atoms with Crippen molar-refractivity contribution >= 4 is 0 Å². The van der Waals surface area contributed by atoms with Crippen LogP contribution in [0.3, 0.4) is 0 Å². The standard InChI is InChI=1S/C10H20N2/c1-3-8(4-2)9-5-10(6-9,7-9)12-11/h8,12H,3-7,11H2,1-2H3. The molecule has 0 atom stereocenters. The highest BCUT2D eigenvalue weighted by Gasteiger charge is 2.69. The molecule has 0 aromatic heterocycles. The minimum absolute atomic E-state index is 0.378. The topological polar surface area (TPSA) is 38.0 Å². The predicted octanol–water partition coefficient (Wildman–Crippen LogP) is 1.81. The summed E-state index contributed by atoms with van der Waals surface area (Å²) in [5.41, 5.74) is 4.05. The van der Waals surface area contributed by atoms with Gasteiger partial charge < -0.3 is 0 Å². The first-order valence-corrected chi connectivity index (χ1v) is 5.18. The van der Waals surface area contributed by atoms with Crippen LogP contribution in [-0.4, -0.2) is 5.54 Å². The Balaban J connectivity index is 1.93. The molecule has 0 aromatic carbocycles. The zero-order chi connectivity index (χ0) is 8.82. The molecule has 3 rings (SSSR count). The summed E-state index contributed by atoms with van der Waals surface area (Å²) in [5, 5.41) is 0. The third-order valence-electron chi connectivity index (χ3n) is 4.23. The Morgan fingerprint density at radius 1 is 1.25 bits per heavy atom. The molecule has 3 aliphatic carbocycles. The van der Waals surface area contributed by atoms with Gasteiger partial charge in [0.15, 0.2) is 0 Å². The summed E-state index contributed by atoms with van der Waals surface area (Å²) in [6, 6.07) is 0. The highest BCUT2D eigenvalue weighted by molar-refractivity contribution is 5.23. The van der Waals surface area contributed by atoms with Crippen LogP contribution in [-0.2, 0) is 0 Å². The molecule has 2 bridgehead atoms. The second-order valence-corrected chi connectivity index (χ2v) is 4.83. The maximum absolute atomic E-state index is 5.50. The fourth-order valence-corrected chi connectivity index (χ4v) is 3.61. The Kier molecular flexibility index (Phi) is 1.74. The molecular weight excluding hydrogens is 148 g/mol. The zero-order valence-corrected chi connectivity index (χ0v) is 8.19. The Morgan fingerprint density at radius 2 is 1.75 bits per heavy atom. The number of hydrazine groups is 1. The van der Waals surface area contributed by atoms with Gasteiger partial charge in [0.1, 0.15) is 0 Å². The lowest BCUT2D eigenvalue weighted by atomic mass is 9.35. The van der Waals surface area contributed by atoms with E-state index in [1.54, 1.807) is 0 Å². The molecule has 0 radical (unpaired) electrons. The van der Waals surface area contributed by atoms with E-state index < -0.39 is 0 Å². The van der Waals surface area contributed by atoms with Crippen LogP contribution in [0.4, 0.5) is 0 Å². The van der Waals surface area contributed by atoms with Crippen LogP contribution in [0.2, 0.25) is 0 Å². The normalized spacial score (nSPS) is 44.0. The van der Waals surface area contributed by atoms with Gasteiger partial charge in [-0.1, -0.05) is 26.7 Å². The fourth-order valence-electron chi connectivity index (χ4n) is 3.61. The molecule has 2 heteroatoms. The molecule has 0 saturated heterocycles. The molecule has 12 heavy (non-hydrogen) atoms. The molecule has 0 aromatic rings. The molecule has 0 heterocycles. The molecule has 3 aliphatic rings. The van der Waals surface area contributed by atoms with Crippen molar-refractivity contribution in [1.29, 1.82) is 0 Å². The van der Waals surface area contributed by atoms with E-state index in [9.17, 15) is 0 Å². The number of nitrogens with one attached hydrogen (secondary N) is 1. The van der Waals surface area contributed by atoms with Crippen molar-refractivity contribution in [2.45, 2.75) is 51.5 Å². The van der Waals surface area contributed by atoms with E-state index in [2.05, 4.69) is 19.3 Å². The smallest absolute Gasteiger partial charge is 0.0337 e. The van der Waals surface area contributed by atoms with Crippen molar-refractivity contribution in [3.05, 3.63) is 0 Å². The molecule has 70 valence electrons. The Hall–Kier alpha value is -0.0800. The maximum Gasteiger partial charge on any atom is 0.0337 e. The fraction of sp³-hybridized carbons (Fsp3) is 1.00. The molecule has 3 saturated carbocycles. The van der Waals surface area contributed by atoms with E-state index in [0.29, 0.717) is 11.0 Å². The first-order chi connectivity index (χ1) is 5.70. The van der Waals surface area contributed by atoms with Gasteiger partial charge in [-0.05, 0) is 30.6 Å². The zero-order valence-electron chi connectivity index (χ0n) is 8.19. The minimum atomic E-state index is 0.378. The van der Waals surface area contributed by atoms with E-state index in [1.165, 1.54) is 32.1 Å². The minimum Gasteiger partial charge on any atom is -0.271 e. The third kappa shape index (κ3) is 0.826. The van der Waals surface area contributed by atoms with Gasteiger partial charge in [-0.2, -0.15) is 0 Å². The molecular formula is C10H20N2. The highest BCUT2D eigenvalue weighted by atomic mass is 15.3. The van der Waals surface area contributed by atoms with Crippen LogP contribution in [0.25, 0.3) is 0 Å². The van der Waals surface area contributed by atoms with Gasteiger partial charge in [-0.15, -0.1) is 0 Å². The molecule has 3 N–H and O–H groups in total. The second kappa shape index (κ2) is 2.46. The lowest BCUT2D eigenvalue weighted by Gasteiger charge is -2.73. The van der Waals surface area contributed by atoms with E-state index >= 15 is 0 Å². The number of rotatable bonds is 4. The van der Waals surface area contributed by atoms with Crippen molar-refractivity contribution in [3.8, 4) is 0 Å². The number of hydrogen-bond donors (Lipinski definition) is 2. The van der Waals surface area contributed by atoms with Gasteiger partial charge in [0.25, 0.3) is 0 Å². The molecule has 0 amide bonds. The van der Waals surface area contributed by atoms with Crippen molar-refractivity contribution in [2.24, 2.45) is 17.2 Å². The quantitative estimate of drug-likeness (QED) is 0.496. The van der Waals surface area contributed by atoms with Crippen molar-refractivity contribution in [2.75, 3.05) is 0 Å². The SMILES string of the molecule is CCC(CC)C12CC(NN)(C1)C2. The average Bonchev–Trinajstić information content (AvgIpc) is 1.93. The van der Waals surface area contributed by atoms with Gasteiger partial charge in [0.2, 0.25) is 0 Å². The van der Waals surface area contributed by atoms with Crippen LogP contribution in [0.1, 0.15) is 46.0 Å².